The van der Waals surface area contributed by atoms with Crippen LogP contribution in [0.5, 0.6) is 5.75 Å². The number of anilines is 1. The van der Waals surface area contributed by atoms with Crippen LogP contribution in [0.25, 0.3) is 0 Å². The normalized spacial score (nSPS) is 20.3. The van der Waals surface area contributed by atoms with E-state index in [2.05, 4.69) is 5.32 Å². The lowest BCUT2D eigenvalue weighted by atomic mass is 10.1. The van der Waals surface area contributed by atoms with E-state index in [1.54, 1.807) is 4.90 Å². The maximum Gasteiger partial charge on any atom is 0.322 e. The molecule has 0 bridgehead atoms. The van der Waals surface area contributed by atoms with Gasteiger partial charge in [-0.25, -0.2) is 9.18 Å². The third-order valence-electron chi connectivity index (χ3n) is 5.21. The van der Waals surface area contributed by atoms with E-state index in [0.29, 0.717) is 50.1 Å². The number of carbonyl (C=O) groups excluding carboxylic acids is 1. The average molecular weight is 421 g/mol. The molecule has 2 atom stereocenters. The Labute approximate surface area is 173 Å². The quantitative estimate of drug-likeness (QED) is 0.709. The molecule has 2 amide bonds. The highest BCUT2D eigenvalue weighted by Gasteiger charge is 2.30. The van der Waals surface area contributed by atoms with Crippen molar-refractivity contribution in [2.45, 2.75) is 31.4 Å². The highest BCUT2D eigenvalue weighted by molar-refractivity contribution is 7.10. The van der Waals surface area contributed by atoms with Crippen molar-refractivity contribution in [1.29, 1.82) is 0 Å². The zero-order chi connectivity index (χ0) is 20.2. The van der Waals surface area contributed by atoms with Crippen LogP contribution in [0.3, 0.4) is 0 Å². The molecule has 1 saturated heterocycles. The Hall–Kier alpha value is -2.16. The smallest absolute Gasteiger partial charge is 0.322 e. The molecular weight excluding hydrogens is 395 g/mol. The third-order valence-corrected chi connectivity index (χ3v) is 6.19. The number of halogens is 1. The van der Waals surface area contributed by atoms with Gasteiger partial charge in [-0.15, -0.1) is 11.3 Å². The minimum absolute atomic E-state index is 0.253. The van der Waals surface area contributed by atoms with E-state index >= 15 is 0 Å². The number of nitrogens with one attached hydrogen (secondary N) is 1. The Morgan fingerprint density at radius 1 is 1.41 bits per heavy atom. The molecule has 1 aromatic carbocycles. The summed E-state index contributed by atoms with van der Waals surface area (Å²) in [6.07, 6.45) is 1.99. The van der Waals surface area contributed by atoms with E-state index in [1.165, 1.54) is 29.5 Å². The number of hydrogen-bond acceptors (Lipinski definition) is 5. The van der Waals surface area contributed by atoms with E-state index in [4.69, 9.17) is 9.47 Å². The van der Waals surface area contributed by atoms with Crippen molar-refractivity contribution >= 4 is 23.1 Å². The monoisotopic (exact) mass is 420 g/mol. The highest BCUT2D eigenvalue weighted by atomic mass is 32.1. The molecule has 29 heavy (non-hydrogen) atoms. The molecule has 1 saturated carbocycles. The summed E-state index contributed by atoms with van der Waals surface area (Å²) in [5.41, 5.74) is 0.445. The molecule has 4 rings (SSSR count). The van der Waals surface area contributed by atoms with Gasteiger partial charge in [-0.05, 0) is 42.3 Å². The molecule has 2 N–H and O–H groups in total. The lowest BCUT2D eigenvalue weighted by Crippen LogP contribution is -2.50. The maximum atomic E-state index is 13.7. The Kier molecular flexibility index (Phi) is 6.32. The number of ether oxygens (including phenoxy) is 2. The van der Waals surface area contributed by atoms with Crippen LogP contribution in [0.1, 0.15) is 30.2 Å². The van der Waals surface area contributed by atoms with Gasteiger partial charge in [0.1, 0.15) is 11.6 Å². The van der Waals surface area contributed by atoms with Gasteiger partial charge in [0.2, 0.25) is 0 Å². The van der Waals surface area contributed by atoms with Gasteiger partial charge in [-0.2, -0.15) is 0 Å². The number of nitrogens with zero attached hydrogens (tertiary/aromatic N) is 1. The topological polar surface area (TPSA) is 71.0 Å². The Bertz CT molecular complexity index is 828. The summed E-state index contributed by atoms with van der Waals surface area (Å²) in [7, 11) is 0. The molecule has 2 fully saturated rings. The Morgan fingerprint density at radius 3 is 3.03 bits per heavy atom. The number of urea groups is 1. The van der Waals surface area contributed by atoms with Crippen molar-refractivity contribution in [3.63, 3.8) is 0 Å². The van der Waals surface area contributed by atoms with Crippen molar-refractivity contribution < 1.29 is 23.8 Å². The first-order valence-corrected chi connectivity index (χ1v) is 10.8. The van der Waals surface area contributed by atoms with Crippen molar-refractivity contribution in [3.05, 3.63) is 46.4 Å². The zero-order valence-corrected chi connectivity index (χ0v) is 16.9. The number of rotatable bonds is 7. The molecule has 2 heterocycles. The van der Waals surface area contributed by atoms with Gasteiger partial charge in [-0.1, -0.05) is 6.07 Å². The largest absolute Gasteiger partial charge is 0.491 e. The molecule has 0 radical (unpaired) electrons. The second-order valence-corrected chi connectivity index (χ2v) is 8.49. The van der Waals surface area contributed by atoms with E-state index in [1.807, 2.05) is 17.5 Å². The molecule has 8 heteroatoms. The lowest BCUT2D eigenvalue weighted by Gasteiger charge is -2.36. The lowest BCUT2D eigenvalue weighted by molar-refractivity contribution is -0.00383. The minimum Gasteiger partial charge on any atom is -0.491 e. The van der Waals surface area contributed by atoms with Gasteiger partial charge in [-0.3, -0.25) is 0 Å². The maximum absolute atomic E-state index is 13.7. The number of amides is 2. The van der Waals surface area contributed by atoms with E-state index in [9.17, 15) is 14.3 Å². The second-order valence-electron chi connectivity index (χ2n) is 7.51. The number of morpholine rings is 1. The molecule has 1 aliphatic heterocycles. The highest BCUT2D eigenvalue weighted by Crippen LogP contribution is 2.33. The molecule has 156 valence electrons. The summed E-state index contributed by atoms with van der Waals surface area (Å²) >= 11 is 1.49. The van der Waals surface area contributed by atoms with Crippen LogP contribution in [0, 0.1) is 11.7 Å². The standard InChI is InChI=1S/C21H25FN2O4S/c22-15-5-6-17(19(10-15)28-12-14-3-4-14)23-21(26)24-7-8-27-13-16(24)11-18(25)20-2-1-9-29-20/h1-2,5-6,9-10,14,16,18,25H,3-4,7-8,11-13H2,(H,23,26)/t16-,18-/m0/s1. The van der Waals surface area contributed by atoms with Crippen LogP contribution in [0.15, 0.2) is 35.7 Å². The summed E-state index contributed by atoms with van der Waals surface area (Å²) in [5.74, 6) is 0.454. The van der Waals surface area contributed by atoms with E-state index in [-0.39, 0.29) is 12.1 Å². The minimum atomic E-state index is -0.653. The first-order chi connectivity index (χ1) is 14.1. The molecule has 1 aliphatic carbocycles. The molecule has 0 spiro atoms. The number of benzene rings is 1. The van der Waals surface area contributed by atoms with Crippen LogP contribution >= 0.6 is 11.3 Å². The third kappa shape index (κ3) is 5.26. The van der Waals surface area contributed by atoms with E-state index in [0.717, 1.165) is 17.7 Å². The van der Waals surface area contributed by atoms with Crippen LogP contribution in [-0.4, -0.2) is 48.4 Å². The number of carbonyl (C=O) groups is 1. The number of hydrogen-bond donors (Lipinski definition) is 2. The molecule has 2 aliphatic rings. The fourth-order valence-corrected chi connectivity index (χ4v) is 4.09. The van der Waals surface area contributed by atoms with E-state index < -0.39 is 11.9 Å². The van der Waals surface area contributed by atoms with Crippen molar-refractivity contribution in [2.24, 2.45) is 5.92 Å². The SMILES string of the molecule is O=C(Nc1ccc(F)cc1OCC1CC1)N1CCOC[C@@H]1C[C@H](O)c1cccs1. The number of aliphatic hydroxyl groups is 1. The molecule has 6 nitrogen and oxygen atoms in total. The predicted molar refractivity (Wildman–Crippen MR) is 109 cm³/mol. The summed E-state index contributed by atoms with van der Waals surface area (Å²) < 4.78 is 24.9. The molecule has 0 unspecified atom stereocenters. The van der Waals surface area contributed by atoms with Gasteiger partial charge in [0.25, 0.3) is 0 Å². The van der Waals surface area contributed by atoms with Gasteiger partial charge in [0, 0.05) is 23.9 Å². The fraction of sp³-hybridized carbons (Fsp3) is 0.476. The second kappa shape index (κ2) is 9.11. The molecular formula is C21H25FN2O4S. The van der Waals surface area contributed by atoms with Gasteiger partial charge < -0.3 is 24.8 Å². The van der Waals surface area contributed by atoms with Gasteiger partial charge in [0.05, 0.1) is 37.7 Å². The number of thiophene rings is 1. The Balaban J connectivity index is 1.43. The van der Waals surface area contributed by atoms with Crippen molar-refractivity contribution in [1.82, 2.24) is 4.90 Å². The average Bonchev–Trinajstić information content (AvgIpc) is 3.38. The zero-order valence-electron chi connectivity index (χ0n) is 16.1. The number of aliphatic hydroxyl groups excluding tert-OH is 1. The first kappa shape index (κ1) is 20.1. The van der Waals surface area contributed by atoms with Crippen molar-refractivity contribution in [3.8, 4) is 5.75 Å². The summed E-state index contributed by atoms with van der Waals surface area (Å²) in [6.45, 7) is 1.75. The molecule has 2 aromatic rings. The predicted octanol–water partition coefficient (Wildman–Crippen LogP) is 4.03. The first-order valence-electron chi connectivity index (χ1n) is 9.89. The Morgan fingerprint density at radius 2 is 2.28 bits per heavy atom. The van der Waals surface area contributed by atoms with Crippen LogP contribution in [0.2, 0.25) is 0 Å². The van der Waals surface area contributed by atoms with Crippen LogP contribution in [0.4, 0.5) is 14.9 Å². The molecule has 1 aromatic heterocycles. The summed E-state index contributed by atoms with van der Waals surface area (Å²) in [6, 6.07) is 7.34. The van der Waals surface area contributed by atoms with Gasteiger partial charge in [0.15, 0.2) is 0 Å². The fourth-order valence-electron chi connectivity index (χ4n) is 3.37. The van der Waals surface area contributed by atoms with Crippen LogP contribution in [-0.2, 0) is 4.74 Å². The van der Waals surface area contributed by atoms with Crippen LogP contribution < -0.4 is 10.1 Å². The summed E-state index contributed by atoms with van der Waals surface area (Å²) in [5, 5.41) is 15.3. The summed E-state index contributed by atoms with van der Waals surface area (Å²) in [4.78, 5) is 15.5. The van der Waals surface area contributed by atoms with Crippen molar-refractivity contribution in [2.75, 3.05) is 31.7 Å². The van der Waals surface area contributed by atoms with Gasteiger partial charge >= 0.3 is 6.03 Å².